The number of aryl methyl sites for hydroxylation is 1. The molecule has 2 rings (SSSR count). The number of guanidine groups is 1. The van der Waals surface area contributed by atoms with E-state index in [0.717, 1.165) is 29.6 Å². The minimum atomic E-state index is 0.542. The molecule has 0 saturated heterocycles. The zero-order chi connectivity index (χ0) is 16.1. The van der Waals surface area contributed by atoms with Crippen LogP contribution in [-0.4, -0.2) is 29.1 Å². The summed E-state index contributed by atoms with van der Waals surface area (Å²) >= 11 is 13.8. The smallest absolute Gasteiger partial charge is 0.191 e. The number of thiazole rings is 1. The van der Waals surface area contributed by atoms with Crippen LogP contribution in [0.1, 0.15) is 15.6 Å². The first-order valence-corrected chi connectivity index (χ1v) is 8.44. The van der Waals surface area contributed by atoms with Gasteiger partial charge in [-0.1, -0.05) is 23.2 Å². The average molecular weight is 360 g/mol. The Morgan fingerprint density at radius 2 is 2.18 bits per heavy atom. The van der Waals surface area contributed by atoms with Gasteiger partial charge in [0.05, 0.1) is 16.6 Å². The Labute approximate surface area is 144 Å². The van der Waals surface area contributed by atoms with Crippen molar-refractivity contribution in [3.05, 3.63) is 38.0 Å². The number of nitrogens with one attached hydrogen (secondary N) is 2. The summed E-state index contributed by atoms with van der Waals surface area (Å²) in [5.41, 5.74) is 0.994. The molecule has 0 spiro atoms. The van der Waals surface area contributed by atoms with Gasteiger partial charge < -0.3 is 15.2 Å². The predicted molar refractivity (Wildman–Crippen MR) is 94.2 cm³/mol. The molecule has 120 valence electrons. The number of halogens is 2. The van der Waals surface area contributed by atoms with Crippen molar-refractivity contribution < 1.29 is 0 Å². The lowest BCUT2D eigenvalue weighted by atomic mass is 10.4. The largest absolute Gasteiger partial charge is 0.356 e. The molecule has 0 unspecified atom stereocenters. The highest BCUT2D eigenvalue weighted by Gasteiger charge is 2.09. The topological polar surface area (TPSA) is 54.2 Å². The third-order valence-corrected chi connectivity index (χ3v) is 4.99. The molecule has 0 amide bonds. The Kier molecular flexibility index (Phi) is 6.11. The lowest BCUT2D eigenvalue weighted by molar-refractivity contribution is 0.746. The SMILES string of the molecule is CN=C(NCCc1ncc(C)s1)NCc1cc(Cl)c(Cl)n1C. The van der Waals surface area contributed by atoms with Crippen LogP contribution in [0.3, 0.4) is 0 Å². The molecular formula is C14H19Cl2N5S. The van der Waals surface area contributed by atoms with E-state index in [1.54, 1.807) is 18.4 Å². The molecule has 0 atom stereocenters. The number of rotatable bonds is 5. The van der Waals surface area contributed by atoms with Crippen LogP contribution >= 0.6 is 34.5 Å². The van der Waals surface area contributed by atoms with Gasteiger partial charge in [0.15, 0.2) is 5.96 Å². The quantitative estimate of drug-likeness (QED) is 0.637. The van der Waals surface area contributed by atoms with E-state index in [2.05, 4.69) is 27.5 Å². The Hall–Kier alpha value is -1.24. The standard InChI is InChI=1S/C14H19Cl2N5S/c1-9-7-19-12(22-9)4-5-18-14(17-2)20-8-10-6-11(15)13(16)21(10)3/h6-7H,4-5,8H2,1-3H3,(H2,17,18,20). The Bertz CT molecular complexity index is 662. The van der Waals surface area contributed by atoms with Gasteiger partial charge in [-0.25, -0.2) is 4.98 Å². The molecule has 0 saturated carbocycles. The van der Waals surface area contributed by atoms with Crippen LogP contribution in [0, 0.1) is 6.92 Å². The molecule has 0 fully saturated rings. The molecule has 5 nitrogen and oxygen atoms in total. The molecule has 22 heavy (non-hydrogen) atoms. The van der Waals surface area contributed by atoms with E-state index in [-0.39, 0.29) is 0 Å². The van der Waals surface area contributed by atoms with Gasteiger partial charge in [-0.15, -0.1) is 11.3 Å². The van der Waals surface area contributed by atoms with Gasteiger partial charge >= 0.3 is 0 Å². The third-order valence-electron chi connectivity index (χ3n) is 3.18. The van der Waals surface area contributed by atoms with Gasteiger partial charge in [0.1, 0.15) is 5.15 Å². The highest BCUT2D eigenvalue weighted by Crippen LogP contribution is 2.24. The van der Waals surface area contributed by atoms with E-state index in [4.69, 9.17) is 23.2 Å². The maximum Gasteiger partial charge on any atom is 0.191 e. The van der Waals surface area contributed by atoms with Gasteiger partial charge in [0, 0.05) is 43.8 Å². The Balaban J connectivity index is 1.81. The molecule has 2 N–H and O–H groups in total. The maximum absolute atomic E-state index is 6.05. The first kappa shape index (κ1) is 17.1. The summed E-state index contributed by atoms with van der Waals surface area (Å²) in [4.78, 5) is 9.77. The summed E-state index contributed by atoms with van der Waals surface area (Å²) in [5, 5.41) is 8.74. The Morgan fingerprint density at radius 1 is 1.41 bits per heavy atom. The van der Waals surface area contributed by atoms with Crippen LogP contribution in [0.5, 0.6) is 0 Å². The van der Waals surface area contributed by atoms with Gasteiger partial charge in [-0.3, -0.25) is 4.99 Å². The average Bonchev–Trinajstić information content (AvgIpc) is 3.02. The van der Waals surface area contributed by atoms with E-state index in [1.165, 1.54) is 4.88 Å². The number of hydrogen-bond donors (Lipinski definition) is 2. The van der Waals surface area contributed by atoms with E-state index in [0.29, 0.717) is 16.7 Å². The summed E-state index contributed by atoms with van der Waals surface area (Å²) < 4.78 is 1.85. The van der Waals surface area contributed by atoms with Crippen molar-refractivity contribution in [2.24, 2.45) is 12.0 Å². The Morgan fingerprint density at radius 3 is 2.73 bits per heavy atom. The maximum atomic E-state index is 6.05. The van der Waals surface area contributed by atoms with E-state index in [9.17, 15) is 0 Å². The van der Waals surface area contributed by atoms with Gasteiger partial charge in [-0.05, 0) is 13.0 Å². The van der Waals surface area contributed by atoms with Crippen LogP contribution in [-0.2, 0) is 20.0 Å². The summed E-state index contributed by atoms with van der Waals surface area (Å²) in [6.07, 6.45) is 2.77. The van der Waals surface area contributed by atoms with Crippen LogP contribution in [0.25, 0.3) is 0 Å². The molecular weight excluding hydrogens is 341 g/mol. The third kappa shape index (κ3) is 4.38. The van der Waals surface area contributed by atoms with Gasteiger partial charge in [0.2, 0.25) is 0 Å². The molecule has 0 aromatic carbocycles. The monoisotopic (exact) mass is 359 g/mol. The van der Waals surface area contributed by atoms with Crippen molar-refractivity contribution in [3.8, 4) is 0 Å². The number of aromatic nitrogens is 2. The van der Waals surface area contributed by atoms with Crippen molar-refractivity contribution in [3.63, 3.8) is 0 Å². The number of nitrogens with zero attached hydrogens (tertiary/aromatic N) is 3. The van der Waals surface area contributed by atoms with Crippen LogP contribution in [0.15, 0.2) is 17.3 Å². The summed E-state index contributed by atoms with van der Waals surface area (Å²) in [7, 11) is 3.63. The summed E-state index contributed by atoms with van der Waals surface area (Å²) in [6.45, 7) is 3.44. The lowest BCUT2D eigenvalue weighted by Gasteiger charge is -2.12. The van der Waals surface area contributed by atoms with Crippen molar-refractivity contribution >= 4 is 40.5 Å². The van der Waals surface area contributed by atoms with Gasteiger partial charge in [0.25, 0.3) is 0 Å². The fraction of sp³-hybridized carbons (Fsp3) is 0.429. The number of hydrogen-bond acceptors (Lipinski definition) is 3. The predicted octanol–water partition coefficient (Wildman–Crippen LogP) is 3.00. The van der Waals surface area contributed by atoms with Crippen molar-refractivity contribution in [2.45, 2.75) is 19.9 Å². The van der Waals surface area contributed by atoms with Crippen molar-refractivity contribution in [2.75, 3.05) is 13.6 Å². The van der Waals surface area contributed by atoms with Crippen LogP contribution < -0.4 is 10.6 Å². The molecule has 2 heterocycles. The first-order chi connectivity index (χ1) is 10.5. The highest BCUT2D eigenvalue weighted by molar-refractivity contribution is 7.11. The molecule has 0 aliphatic heterocycles. The molecule has 2 aromatic heterocycles. The normalized spacial score (nSPS) is 11.8. The van der Waals surface area contributed by atoms with Crippen LogP contribution in [0.4, 0.5) is 0 Å². The molecule has 8 heteroatoms. The number of aliphatic imine (C=N–C) groups is 1. The van der Waals surface area contributed by atoms with E-state index >= 15 is 0 Å². The summed E-state index contributed by atoms with van der Waals surface area (Å²) in [5.74, 6) is 0.738. The molecule has 0 aliphatic carbocycles. The lowest BCUT2D eigenvalue weighted by Crippen LogP contribution is -2.38. The molecule has 0 aliphatic rings. The van der Waals surface area contributed by atoms with E-state index in [1.807, 2.05) is 23.9 Å². The molecule has 2 aromatic rings. The minimum Gasteiger partial charge on any atom is -0.356 e. The molecule has 0 radical (unpaired) electrons. The summed E-state index contributed by atoms with van der Waals surface area (Å²) in [6, 6.07) is 1.85. The van der Waals surface area contributed by atoms with Crippen molar-refractivity contribution in [1.82, 2.24) is 20.2 Å². The second kappa shape index (κ2) is 7.85. The second-order valence-electron chi connectivity index (χ2n) is 4.80. The van der Waals surface area contributed by atoms with Gasteiger partial charge in [-0.2, -0.15) is 0 Å². The molecule has 0 bridgehead atoms. The fourth-order valence-electron chi connectivity index (χ4n) is 1.96. The van der Waals surface area contributed by atoms with Crippen molar-refractivity contribution in [1.29, 1.82) is 0 Å². The zero-order valence-electron chi connectivity index (χ0n) is 12.8. The fourth-order valence-corrected chi connectivity index (χ4v) is 3.16. The van der Waals surface area contributed by atoms with Crippen LogP contribution in [0.2, 0.25) is 10.2 Å². The second-order valence-corrected chi connectivity index (χ2v) is 6.89. The highest BCUT2D eigenvalue weighted by atomic mass is 35.5. The first-order valence-electron chi connectivity index (χ1n) is 6.86. The van der Waals surface area contributed by atoms with E-state index < -0.39 is 0 Å². The zero-order valence-corrected chi connectivity index (χ0v) is 15.1. The minimum absolute atomic E-state index is 0.542.